The van der Waals surface area contributed by atoms with Gasteiger partial charge in [0.15, 0.2) is 0 Å². The van der Waals surface area contributed by atoms with E-state index in [4.69, 9.17) is 4.74 Å². The van der Waals surface area contributed by atoms with Crippen LogP contribution < -0.4 is 0 Å². The van der Waals surface area contributed by atoms with E-state index in [9.17, 15) is 4.79 Å². The van der Waals surface area contributed by atoms with Gasteiger partial charge in [0, 0.05) is 6.42 Å². The summed E-state index contributed by atoms with van der Waals surface area (Å²) in [5.74, 6) is 0.587. The molecule has 2 nitrogen and oxygen atoms in total. The Labute approximate surface area is 189 Å². The van der Waals surface area contributed by atoms with Crippen molar-refractivity contribution in [3.8, 4) is 0 Å². The van der Waals surface area contributed by atoms with E-state index in [0.29, 0.717) is 18.9 Å². The summed E-state index contributed by atoms with van der Waals surface area (Å²) in [6.07, 6.45) is 29.5. The van der Waals surface area contributed by atoms with Crippen LogP contribution in [0, 0.1) is 5.92 Å². The number of hydrogen-bond donors (Lipinski definition) is 0. The molecule has 1 atom stereocenters. The van der Waals surface area contributed by atoms with Crippen molar-refractivity contribution in [2.75, 3.05) is 6.61 Å². The van der Waals surface area contributed by atoms with Gasteiger partial charge in [-0.3, -0.25) is 4.79 Å². The third-order valence-electron chi connectivity index (χ3n) is 6.04. The number of esters is 1. The molecule has 0 saturated carbocycles. The molecule has 0 fully saturated rings. The summed E-state index contributed by atoms with van der Waals surface area (Å²) in [5.41, 5.74) is 0. The lowest BCUT2D eigenvalue weighted by Crippen LogP contribution is -2.14. The molecule has 0 aromatic heterocycles. The van der Waals surface area contributed by atoms with Gasteiger partial charge in [0.05, 0.1) is 6.61 Å². The molecule has 0 radical (unpaired) electrons. The Kier molecular flexibility index (Phi) is 23.8. The largest absolute Gasteiger partial charge is 0.465 e. The molecule has 178 valence electrons. The number of rotatable bonds is 23. The van der Waals surface area contributed by atoms with Crippen molar-refractivity contribution in [3.63, 3.8) is 0 Å². The maximum absolute atomic E-state index is 12.0. The molecule has 0 heterocycles. The molecule has 2 heteroatoms. The first-order valence-electron chi connectivity index (χ1n) is 13.5. The fraction of sp³-hybridized carbons (Fsp3) is 0.893. The Morgan fingerprint density at radius 2 is 1.17 bits per heavy atom. The number of carbonyl (C=O) groups is 1. The Morgan fingerprint density at radius 3 is 1.77 bits per heavy atom. The van der Waals surface area contributed by atoms with Gasteiger partial charge in [-0.1, -0.05) is 110 Å². The average molecular weight is 423 g/mol. The highest BCUT2D eigenvalue weighted by molar-refractivity contribution is 5.69. The second kappa shape index (κ2) is 24.5. The first-order valence-corrected chi connectivity index (χ1v) is 13.5. The van der Waals surface area contributed by atoms with Crippen molar-refractivity contribution in [1.82, 2.24) is 0 Å². The van der Waals surface area contributed by atoms with E-state index in [1.54, 1.807) is 0 Å². The molecular weight excluding hydrogens is 368 g/mol. The lowest BCUT2D eigenvalue weighted by atomic mass is 9.97. The summed E-state index contributed by atoms with van der Waals surface area (Å²) in [5, 5.41) is 0. The fourth-order valence-corrected chi connectivity index (χ4v) is 4.03. The lowest BCUT2D eigenvalue weighted by Gasteiger charge is -2.16. The van der Waals surface area contributed by atoms with E-state index in [1.165, 1.54) is 109 Å². The molecule has 0 aliphatic rings. The maximum Gasteiger partial charge on any atom is 0.305 e. The topological polar surface area (TPSA) is 26.3 Å². The number of carbonyl (C=O) groups excluding carboxylic acids is 1. The summed E-state index contributed by atoms with van der Waals surface area (Å²) in [6.45, 7) is 7.38. The molecule has 0 aromatic carbocycles. The van der Waals surface area contributed by atoms with Crippen molar-refractivity contribution in [2.45, 2.75) is 149 Å². The average Bonchev–Trinajstić information content (AvgIpc) is 2.75. The summed E-state index contributed by atoms with van der Waals surface area (Å²) < 4.78 is 5.56. The Hall–Kier alpha value is -0.790. The van der Waals surface area contributed by atoms with Gasteiger partial charge in [0.1, 0.15) is 0 Å². The zero-order valence-corrected chi connectivity index (χ0v) is 20.9. The molecule has 0 aliphatic heterocycles. The number of hydrogen-bond acceptors (Lipinski definition) is 2. The summed E-state index contributed by atoms with van der Waals surface area (Å²) in [6, 6.07) is 0. The van der Waals surface area contributed by atoms with Crippen LogP contribution in [0.1, 0.15) is 149 Å². The van der Waals surface area contributed by atoms with Crippen molar-refractivity contribution in [1.29, 1.82) is 0 Å². The lowest BCUT2D eigenvalue weighted by molar-refractivity contribution is -0.145. The second-order valence-corrected chi connectivity index (χ2v) is 9.17. The Balaban J connectivity index is 3.46. The highest BCUT2D eigenvalue weighted by Crippen LogP contribution is 2.17. The molecule has 0 spiro atoms. The van der Waals surface area contributed by atoms with E-state index < -0.39 is 0 Å². The number of ether oxygens (including phenoxy) is 1. The van der Waals surface area contributed by atoms with Gasteiger partial charge in [-0.15, -0.1) is 0 Å². The maximum atomic E-state index is 12.0. The van der Waals surface area contributed by atoms with Gasteiger partial charge >= 0.3 is 5.97 Å². The minimum absolute atomic E-state index is 0.0178. The summed E-state index contributed by atoms with van der Waals surface area (Å²) >= 11 is 0. The van der Waals surface area contributed by atoms with Gasteiger partial charge in [0.2, 0.25) is 0 Å². The van der Waals surface area contributed by atoms with Crippen LogP contribution in [0.15, 0.2) is 12.2 Å². The van der Waals surface area contributed by atoms with E-state index in [0.717, 1.165) is 12.8 Å². The SMILES string of the molecule is CCCCCCCCC=CCCCCCCCC(=O)OCC(CCC)CCCCC. The van der Waals surface area contributed by atoms with Crippen molar-refractivity contribution < 1.29 is 9.53 Å². The standard InChI is InChI=1S/C28H54O2/c1-4-7-9-10-11-12-13-14-15-16-17-18-19-20-22-25-28(29)30-26-27(23-6-3)24-21-8-5-2/h14-15,27H,4-13,16-26H2,1-3H3. The Morgan fingerprint density at radius 1 is 0.633 bits per heavy atom. The van der Waals surface area contributed by atoms with Crippen LogP contribution in [-0.4, -0.2) is 12.6 Å². The molecule has 0 amide bonds. The predicted molar refractivity (Wildman–Crippen MR) is 133 cm³/mol. The van der Waals surface area contributed by atoms with Crippen LogP contribution in [0.5, 0.6) is 0 Å². The minimum Gasteiger partial charge on any atom is -0.465 e. The van der Waals surface area contributed by atoms with Gasteiger partial charge in [-0.2, -0.15) is 0 Å². The van der Waals surface area contributed by atoms with Gasteiger partial charge in [0.25, 0.3) is 0 Å². The molecule has 0 rings (SSSR count). The molecular formula is C28H54O2. The molecule has 0 aliphatic carbocycles. The molecule has 0 aromatic rings. The third-order valence-corrected chi connectivity index (χ3v) is 6.04. The first-order chi connectivity index (χ1) is 14.7. The fourth-order valence-electron chi connectivity index (χ4n) is 4.03. The van der Waals surface area contributed by atoms with Crippen molar-refractivity contribution in [3.05, 3.63) is 12.2 Å². The first kappa shape index (κ1) is 29.2. The molecule has 0 N–H and O–H groups in total. The minimum atomic E-state index is 0.0178. The third kappa shape index (κ3) is 21.9. The molecule has 30 heavy (non-hydrogen) atoms. The van der Waals surface area contributed by atoms with E-state index >= 15 is 0 Å². The van der Waals surface area contributed by atoms with Crippen LogP contribution in [-0.2, 0) is 9.53 Å². The van der Waals surface area contributed by atoms with Gasteiger partial charge in [-0.05, 0) is 50.9 Å². The zero-order valence-electron chi connectivity index (χ0n) is 20.9. The monoisotopic (exact) mass is 422 g/mol. The van der Waals surface area contributed by atoms with E-state index in [-0.39, 0.29) is 5.97 Å². The zero-order chi connectivity index (χ0) is 22.1. The number of allylic oxidation sites excluding steroid dienone is 2. The van der Waals surface area contributed by atoms with Crippen LogP contribution >= 0.6 is 0 Å². The van der Waals surface area contributed by atoms with E-state index in [1.807, 2.05) is 0 Å². The van der Waals surface area contributed by atoms with Crippen molar-refractivity contribution >= 4 is 5.97 Å². The van der Waals surface area contributed by atoms with Crippen LogP contribution in [0.2, 0.25) is 0 Å². The Bertz CT molecular complexity index is 375. The quantitative estimate of drug-likeness (QED) is 0.0930. The van der Waals surface area contributed by atoms with Crippen molar-refractivity contribution in [2.24, 2.45) is 5.92 Å². The summed E-state index contributed by atoms with van der Waals surface area (Å²) in [7, 11) is 0. The van der Waals surface area contributed by atoms with Crippen LogP contribution in [0.25, 0.3) is 0 Å². The predicted octanol–water partition coefficient (Wildman–Crippen LogP) is 9.56. The highest BCUT2D eigenvalue weighted by atomic mass is 16.5. The highest BCUT2D eigenvalue weighted by Gasteiger charge is 2.11. The molecule has 0 bridgehead atoms. The molecule has 1 unspecified atom stereocenters. The van der Waals surface area contributed by atoms with Crippen LogP contribution in [0.3, 0.4) is 0 Å². The van der Waals surface area contributed by atoms with E-state index in [2.05, 4.69) is 32.9 Å². The van der Waals surface area contributed by atoms with Gasteiger partial charge < -0.3 is 4.74 Å². The van der Waals surface area contributed by atoms with Gasteiger partial charge in [-0.25, -0.2) is 0 Å². The van der Waals surface area contributed by atoms with Crippen LogP contribution in [0.4, 0.5) is 0 Å². The number of unbranched alkanes of at least 4 members (excludes halogenated alkanes) is 13. The second-order valence-electron chi connectivity index (χ2n) is 9.17. The normalized spacial score (nSPS) is 12.5. The molecule has 0 saturated heterocycles. The summed E-state index contributed by atoms with van der Waals surface area (Å²) in [4.78, 5) is 12.0. The smallest absolute Gasteiger partial charge is 0.305 e.